The molecule has 0 bridgehead atoms. The maximum absolute atomic E-state index is 12.6. The normalized spacial score (nSPS) is 24.6. The fraction of sp³-hybridized carbons (Fsp3) is 0.471. The number of hydrogen-bond donors (Lipinski definition) is 1. The Labute approximate surface area is 145 Å². The van der Waals surface area contributed by atoms with Crippen molar-refractivity contribution in [2.24, 2.45) is 0 Å². The van der Waals surface area contributed by atoms with E-state index in [-0.39, 0.29) is 24.0 Å². The first-order chi connectivity index (χ1) is 11.5. The SMILES string of the molecule is CC1=C(C(=O)O)[C@H](c2ccc(Cl)nc2)CC(=O)N1C[C@H]1CCCO1. The van der Waals surface area contributed by atoms with Gasteiger partial charge >= 0.3 is 5.97 Å². The van der Waals surface area contributed by atoms with Crippen LogP contribution in [0.1, 0.15) is 37.7 Å². The molecule has 3 rings (SSSR count). The second kappa shape index (κ2) is 6.91. The van der Waals surface area contributed by atoms with Crippen LogP contribution in [-0.4, -0.2) is 46.1 Å². The molecule has 1 amide bonds. The lowest BCUT2D eigenvalue weighted by atomic mass is 9.84. The molecule has 1 saturated heterocycles. The molecule has 2 aliphatic heterocycles. The van der Waals surface area contributed by atoms with Gasteiger partial charge < -0.3 is 14.7 Å². The average molecular weight is 351 g/mol. The zero-order valence-electron chi connectivity index (χ0n) is 13.4. The summed E-state index contributed by atoms with van der Waals surface area (Å²) in [5.74, 6) is -1.62. The highest BCUT2D eigenvalue weighted by Gasteiger charge is 2.37. The molecule has 0 aromatic carbocycles. The predicted molar refractivity (Wildman–Crippen MR) is 87.6 cm³/mol. The van der Waals surface area contributed by atoms with Gasteiger partial charge in [0.1, 0.15) is 5.15 Å². The summed E-state index contributed by atoms with van der Waals surface area (Å²) < 4.78 is 5.58. The number of halogens is 1. The number of ether oxygens (including phenoxy) is 1. The Morgan fingerprint density at radius 3 is 2.88 bits per heavy atom. The van der Waals surface area contributed by atoms with Gasteiger partial charge in [-0.15, -0.1) is 0 Å². The quantitative estimate of drug-likeness (QED) is 0.844. The summed E-state index contributed by atoms with van der Waals surface area (Å²) in [7, 11) is 0. The molecule has 0 aliphatic carbocycles. The lowest BCUT2D eigenvalue weighted by Crippen LogP contribution is -2.41. The third kappa shape index (κ3) is 3.30. The van der Waals surface area contributed by atoms with E-state index in [4.69, 9.17) is 16.3 Å². The number of nitrogens with zero attached hydrogens (tertiary/aromatic N) is 2. The van der Waals surface area contributed by atoms with Crippen LogP contribution in [0, 0.1) is 0 Å². The zero-order valence-corrected chi connectivity index (χ0v) is 14.1. The number of carboxylic acid groups (broad SMARTS) is 1. The summed E-state index contributed by atoms with van der Waals surface area (Å²) in [4.78, 5) is 30.0. The number of allylic oxidation sites excluding steroid dienone is 1. The molecule has 128 valence electrons. The van der Waals surface area contributed by atoms with Crippen molar-refractivity contribution in [1.29, 1.82) is 0 Å². The van der Waals surface area contributed by atoms with Gasteiger partial charge in [0.25, 0.3) is 0 Å². The average Bonchev–Trinajstić information content (AvgIpc) is 3.04. The van der Waals surface area contributed by atoms with E-state index >= 15 is 0 Å². The molecule has 1 aromatic heterocycles. The summed E-state index contributed by atoms with van der Waals surface area (Å²) >= 11 is 5.80. The number of aliphatic carboxylic acids is 1. The van der Waals surface area contributed by atoms with E-state index in [9.17, 15) is 14.7 Å². The third-order valence-electron chi connectivity index (χ3n) is 4.62. The fourth-order valence-electron chi connectivity index (χ4n) is 3.38. The zero-order chi connectivity index (χ0) is 17.3. The number of carboxylic acids is 1. The summed E-state index contributed by atoms with van der Waals surface area (Å²) in [6, 6.07) is 3.33. The molecule has 1 fully saturated rings. The minimum Gasteiger partial charge on any atom is -0.478 e. The van der Waals surface area contributed by atoms with Gasteiger partial charge in [0, 0.05) is 30.8 Å². The van der Waals surface area contributed by atoms with Crippen LogP contribution in [0.25, 0.3) is 0 Å². The maximum Gasteiger partial charge on any atom is 0.333 e. The minimum absolute atomic E-state index is 0.0207. The molecule has 2 atom stereocenters. The van der Waals surface area contributed by atoms with Gasteiger partial charge in [0.2, 0.25) is 5.91 Å². The Hall–Kier alpha value is -1.92. The van der Waals surface area contributed by atoms with Gasteiger partial charge in [-0.3, -0.25) is 4.79 Å². The van der Waals surface area contributed by atoms with E-state index in [1.807, 2.05) is 0 Å². The van der Waals surface area contributed by atoms with Gasteiger partial charge in [-0.1, -0.05) is 17.7 Å². The Morgan fingerprint density at radius 2 is 2.29 bits per heavy atom. The van der Waals surface area contributed by atoms with Crippen LogP contribution in [0.5, 0.6) is 0 Å². The number of aromatic nitrogens is 1. The summed E-state index contributed by atoms with van der Waals surface area (Å²) in [5, 5.41) is 10.0. The monoisotopic (exact) mass is 350 g/mol. The number of carbonyl (C=O) groups excluding carboxylic acids is 1. The molecular weight excluding hydrogens is 332 g/mol. The van der Waals surface area contributed by atoms with Crippen molar-refractivity contribution in [2.45, 2.75) is 38.2 Å². The Morgan fingerprint density at radius 1 is 1.50 bits per heavy atom. The van der Waals surface area contributed by atoms with E-state index in [1.165, 1.54) is 6.20 Å². The number of hydrogen-bond acceptors (Lipinski definition) is 4. The van der Waals surface area contributed by atoms with Gasteiger partial charge in [0.15, 0.2) is 0 Å². The topological polar surface area (TPSA) is 79.7 Å². The molecule has 0 spiro atoms. The van der Waals surface area contributed by atoms with Crippen molar-refractivity contribution >= 4 is 23.5 Å². The highest BCUT2D eigenvalue weighted by Crippen LogP contribution is 2.37. The summed E-state index contributed by atoms with van der Waals surface area (Å²) in [5.41, 5.74) is 1.40. The molecule has 0 radical (unpaired) electrons. The molecular formula is C17H19ClN2O4. The first-order valence-electron chi connectivity index (χ1n) is 7.95. The molecule has 1 N–H and O–H groups in total. The molecule has 0 saturated carbocycles. The molecule has 2 aliphatic rings. The lowest BCUT2D eigenvalue weighted by Gasteiger charge is -2.35. The molecule has 0 unspecified atom stereocenters. The largest absolute Gasteiger partial charge is 0.478 e. The summed E-state index contributed by atoms with van der Waals surface area (Å²) in [6.45, 7) is 2.79. The fourth-order valence-corrected chi connectivity index (χ4v) is 3.50. The number of carbonyl (C=O) groups is 2. The van der Waals surface area contributed by atoms with Crippen LogP contribution < -0.4 is 0 Å². The number of rotatable bonds is 4. The third-order valence-corrected chi connectivity index (χ3v) is 4.84. The molecule has 24 heavy (non-hydrogen) atoms. The first-order valence-corrected chi connectivity index (χ1v) is 8.32. The van der Waals surface area contributed by atoms with E-state index in [0.29, 0.717) is 29.6 Å². The Balaban J connectivity index is 1.94. The van der Waals surface area contributed by atoms with Crippen molar-refractivity contribution in [1.82, 2.24) is 9.88 Å². The summed E-state index contributed by atoms with van der Waals surface area (Å²) in [6.07, 6.45) is 3.48. The highest BCUT2D eigenvalue weighted by molar-refractivity contribution is 6.29. The number of pyridine rings is 1. The van der Waals surface area contributed by atoms with Crippen molar-refractivity contribution < 1.29 is 19.4 Å². The van der Waals surface area contributed by atoms with E-state index in [1.54, 1.807) is 24.0 Å². The van der Waals surface area contributed by atoms with Crippen molar-refractivity contribution in [3.8, 4) is 0 Å². The van der Waals surface area contributed by atoms with E-state index in [2.05, 4.69) is 4.98 Å². The van der Waals surface area contributed by atoms with Gasteiger partial charge in [0.05, 0.1) is 18.2 Å². The molecule has 6 nitrogen and oxygen atoms in total. The standard InChI is InChI=1S/C17H19ClN2O4/c1-10-16(17(22)23)13(11-4-5-14(18)19-8-11)7-15(21)20(10)9-12-3-2-6-24-12/h4-5,8,12-13H,2-3,6-7,9H2,1H3,(H,22,23)/t12-,13+/m1/s1. The van der Waals surface area contributed by atoms with Crippen LogP contribution >= 0.6 is 11.6 Å². The van der Waals surface area contributed by atoms with Gasteiger partial charge in [-0.05, 0) is 31.4 Å². The second-order valence-electron chi connectivity index (χ2n) is 6.11. The van der Waals surface area contributed by atoms with E-state index in [0.717, 1.165) is 12.8 Å². The lowest BCUT2D eigenvalue weighted by molar-refractivity contribution is -0.135. The first kappa shape index (κ1) is 16.9. The molecule has 1 aromatic rings. The van der Waals surface area contributed by atoms with E-state index < -0.39 is 11.9 Å². The Bertz CT molecular complexity index is 680. The van der Waals surface area contributed by atoms with Crippen molar-refractivity contribution in [3.63, 3.8) is 0 Å². The van der Waals surface area contributed by atoms with Crippen LogP contribution in [0.4, 0.5) is 0 Å². The molecule has 3 heterocycles. The molecule has 7 heteroatoms. The van der Waals surface area contributed by atoms with Crippen molar-refractivity contribution in [2.75, 3.05) is 13.2 Å². The predicted octanol–water partition coefficient (Wildman–Crippen LogP) is 2.59. The van der Waals surface area contributed by atoms with Gasteiger partial charge in [-0.2, -0.15) is 0 Å². The van der Waals surface area contributed by atoms with Crippen LogP contribution in [0.3, 0.4) is 0 Å². The van der Waals surface area contributed by atoms with Gasteiger partial charge in [-0.25, -0.2) is 9.78 Å². The maximum atomic E-state index is 12.6. The van der Waals surface area contributed by atoms with Crippen molar-refractivity contribution in [3.05, 3.63) is 40.3 Å². The number of amides is 1. The smallest absolute Gasteiger partial charge is 0.333 e. The minimum atomic E-state index is -1.02. The second-order valence-corrected chi connectivity index (χ2v) is 6.50. The van der Waals surface area contributed by atoms with Crippen LogP contribution in [-0.2, 0) is 14.3 Å². The van der Waals surface area contributed by atoms with Crippen LogP contribution in [0.15, 0.2) is 29.6 Å². The Kier molecular flexibility index (Phi) is 4.87. The highest BCUT2D eigenvalue weighted by atomic mass is 35.5. The van der Waals surface area contributed by atoms with Crippen LogP contribution in [0.2, 0.25) is 5.15 Å².